The quantitative estimate of drug-likeness (QED) is 0.943. The highest BCUT2D eigenvalue weighted by molar-refractivity contribution is 7.10. The fourth-order valence-electron chi connectivity index (χ4n) is 2.54. The van der Waals surface area contributed by atoms with E-state index in [2.05, 4.69) is 5.32 Å². The molecule has 1 aromatic heterocycles. The van der Waals surface area contributed by atoms with Gasteiger partial charge >= 0.3 is 0 Å². The summed E-state index contributed by atoms with van der Waals surface area (Å²) in [5, 5.41) is 4.90. The number of anilines is 1. The highest BCUT2D eigenvalue weighted by Crippen LogP contribution is 2.44. The van der Waals surface area contributed by atoms with Crippen molar-refractivity contribution in [1.82, 2.24) is 0 Å². The maximum atomic E-state index is 11.9. The van der Waals surface area contributed by atoms with Gasteiger partial charge in [0.1, 0.15) is 11.5 Å². The Kier molecular flexibility index (Phi) is 3.36. The van der Waals surface area contributed by atoms with Gasteiger partial charge in [-0.3, -0.25) is 4.79 Å². The van der Waals surface area contributed by atoms with E-state index in [1.165, 1.54) is 0 Å². The van der Waals surface area contributed by atoms with Crippen LogP contribution in [-0.4, -0.2) is 20.1 Å². The zero-order chi connectivity index (χ0) is 14.1. The fourth-order valence-corrected chi connectivity index (χ4v) is 3.51. The number of amides is 1. The molecule has 0 bridgehead atoms. The standard InChI is InChI=1S/C15H15NO3S/c1-18-9-3-4-13(19-2)10(7-9)11-8-14(17)16-12-5-6-20-15(11)12/h3-7,11H,8H2,1-2H3,(H,16,17). The average molecular weight is 289 g/mol. The van der Waals surface area contributed by atoms with E-state index in [9.17, 15) is 4.79 Å². The lowest BCUT2D eigenvalue weighted by atomic mass is 9.90. The first-order valence-electron chi connectivity index (χ1n) is 6.32. The normalized spacial score (nSPS) is 17.3. The molecule has 1 unspecified atom stereocenters. The van der Waals surface area contributed by atoms with Gasteiger partial charge in [-0.15, -0.1) is 11.3 Å². The third kappa shape index (κ3) is 2.14. The van der Waals surface area contributed by atoms with Crippen molar-refractivity contribution in [3.63, 3.8) is 0 Å². The highest BCUT2D eigenvalue weighted by Gasteiger charge is 2.29. The van der Waals surface area contributed by atoms with Crippen LogP contribution in [0.2, 0.25) is 0 Å². The van der Waals surface area contributed by atoms with Crippen LogP contribution in [0.3, 0.4) is 0 Å². The molecule has 20 heavy (non-hydrogen) atoms. The molecule has 0 spiro atoms. The molecule has 2 aromatic rings. The second-order valence-electron chi connectivity index (χ2n) is 4.61. The molecule has 0 fully saturated rings. The zero-order valence-corrected chi connectivity index (χ0v) is 12.1. The molecular formula is C15H15NO3S. The monoisotopic (exact) mass is 289 g/mol. The van der Waals surface area contributed by atoms with Crippen molar-refractivity contribution in [2.45, 2.75) is 12.3 Å². The van der Waals surface area contributed by atoms with Gasteiger partial charge in [0.05, 0.1) is 19.9 Å². The molecule has 4 nitrogen and oxygen atoms in total. The van der Waals surface area contributed by atoms with Gasteiger partial charge in [0.2, 0.25) is 5.91 Å². The minimum absolute atomic E-state index is 0.0174. The topological polar surface area (TPSA) is 47.6 Å². The molecule has 5 heteroatoms. The number of carbonyl (C=O) groups is 1. The number of methoxy groups -OCH3 is 2. The van der Waals surface area contributed by atoms with Crippen LogP contribution in [-0.2, 0) is 4.79 Å². The molecular weight excluding hydrogens is 274 g/mol. The predicted molar refractivity (Wildman–Crippen MR) is 79.0 cm³/mol. The summed E-state index contributed by atoms with van der Waals surface area (Å²) in [6.45, 7) is 0. The number of hydrogen-bond donors (Lipinski definition) is 1. The number of ether oxygens (including phenoxy) is 2. The molecule has 0 aliphatic carbocycles. The molecule has 1 N–H and O–H groups in total. The van der Waals surface area contributed by atoms with Crippen LogP contribution in [0.25, 0.3) is 0 Å². The molecule has 104 valence electrons. The molecule has 0 radical (unpaired) electrons. The summed E-state index contributed by atoms with van der Waals surface area (Å²) in [5.74, 6) is 1.60. The van der Waals surface area contributed by atoms with Crippen molar-refractivity contribution < 1.29 is 14.3 Å². The summed E-state index contributed by atoms with van der Waals surface area (Å²) >= 11 is 1.65. The molecule has 0 saturated heterocycles. The zero-order valence-electron chi connectivity index (χ0n) is 11.3. The second kappa shape index (κ2) is 5.17. The Hall–Kier alpha value is -2.01. The Bertz CT molecular complexity index is 650. The number of nitrogens with one attached hydrogen (secondary N) is 1. The summed E-state index contributed by atoms with van der Waals surface area (Å²) in [5.41, 5.74) is 1.89. The van der Waals surface area contributed by atoms with E-state index >= 15 is 0 Å². The van der Waals surface area contributed by atoms with Crippen LogP contribution in [0.4, 0.5) is 5.69 Å². The van der Waals surface area contributed by atoms with Gasteiger partial charge in [-0.2, -0.15) is 0 Å². The first-order chi connectivity index (χ1) is 9.72. The average Bonchev–Trinajstić information content (AvgIpc) is 2.93. The van der Waals surface area contributed by atoms with Gasteiger partial charge < -0.3 is 14.8 Å². The molecule has 0 saturated carbocycles. The van der Waals surface area contributed by atoms with Crippen molar-refractivity contribution in [1.29, 1.82) is 0 Å². The Morgan fingerprint density at radius 2 is 2.10 bits per heavy atom. The molecule has 2 heterocycles. The summed E-state index contributed by atoms with van der Waals surface area (Å²) < 4.78 is 10.7. The number of carbonyl (C=O) groups excluding carboxylic acids is 1. The SMILES string of the molecule is COc1ccc(OC)c(C2CC(=O)Nc3ccsc32)c1. The third-order valence-corrected chi connectivity index (χ3v) is 4.52. The minimum atomic E-state index is 0.0174. The second-order valence-corrected chi connectivity index (χ2v) is 5.56. The van der Waals surface area contributed by atoms with Gasteiger partial charge in [-0.05, 0) is 29.6 Å². The van der Waals surface area contributed by atoms with Crippen LogP contribution in [0.5, 0.6) is 11.5 Å². The van der Waals surface area contributed by atoms with Crippen LogP contribution in [0.15, 0.2) is 29.6 Å². The van der Waals surface area contributed by atoms with E-state index in [4.69, 9.17) is 9.47 Å². The van der Waals surface area contributed by atoms with Gasteiger partial charge in [0.25, 0.3) is 0 Å². The summed E-state index contributed by atoms with van der Waals surface area (Å²) in [6.07, 6.45) is 0.428. The highest BCUT2D eigenvalue weighted by atomic mass is 32.1. The Labute approximate surface area is 121 Å². The lowest BCUT2D eigenvalue weighted by molar-refractivity contribution is -0.116. The lowest BCUT2D eigenvalue weighted by Gasteiger charge is -2.24. The van der Waals surface area contributed by atoms with Gasteiger partial charge in [0.15, 0.2) is 0 Å². The summed E-state index contributed by atoms with van der Waals surface area (Å²) in [7, 11) is 3.28. The van der Waals surface area contributed by atoms with Crippen LogP contribution >= 0.6 is 11.3 Å². The number of hydrogen-bond acceptors (Lipinski definition) is 4. The number of fused-ring (bicyclic) bond motifs is 1. The summed E-state index contributed by atoms with van der Waals surface area (Å²) in [6, 6.07) is 7.64. The van der Waals surface area contributed by atoms with Crippen LogP contribution in [0.1, 0.15) is 22.8 Å². The maximum Gasteiger partial charge on any atom is 0.225 e. The first-order valence-corrected chi connectivity index (χ1v) is 7.20. The van der Waals surface area contributed by atoms with Gasteiger partial charge in [-0.25, -0.2) is 0 Å². The van der Waals surface area contributed by atoms with Crippen molar-refractivity contribution in [3.8, 4) is 11.5 Å². The third-order valence-electron chi connectivity index (χ3n) is 3.49. The van der Waals surface area contributed by atoms with E-state index in [1.54, 1.807) is 25.6 Å². The van der Waals surface area contributed by atoms with Crippen molar-refractivity contribution in [3.05, 3.63) is 40.1 Å². The van der Waals surface area contributed by atoms with Crippen molar-refractivity contribution in [2.75, 3.05) is 19.5 Å². The molecule has 1 amide bonds. The maximum absolute atomic E-state index is 11.9. The summed E-state index contributed by atoms with van der Waals surface area (Å²) in [4.78, 5) is 13.0. The number of thiophene rings is 1. The van der Waals surface area contributed by atoms with E-state index < -0.39 is 0 Å². The van der Waals surface area contributed by atoms with Gasteiger partial charge in [-0.1, -0.05) is 0 Å². The Morgan fingerprint density at radius 3 is 2.85 bits per heavy atom. The van der Waals surface area contributed by atoms with Crippen molar-refractivity contribution in [2.24, 2.45) is 0 Å². The molecule has 3 rings (SSSR count). The first kappa shape index (κ1) is 13.0. The molecule has 1 aromatic carbocycles. The Balaban J connectivity index is 2.11. The molecule has 1 aliphatic heterocycles. The fraction of sp³-hybridized carbons (Fsp3) is 0.267. The lowest BCUT2D eigenvalue weighted by Crippen LogP contribution is -2.22. The largest absolute Gasteiger partial charge is 0.497 e. The van der Waals surface area contributed by atoms with E-state index in [-0.39, 0.29) is 11.8 Å². The van der Waals surface area contributed by atoms with E-state index in [0.29, 0.717) is 6.42 Å². The van der Waals surface area contributed by atoms with Crippen molar-refractivity contribution >= 4 is 22.9 Å². The Morgan fingerprint density at radius 1 is 1.25 bits per heavy atom. The molecule has 1 aliphatic rings. The minimum Gasteiger partial charge on any atom is -0.497 e. The van der Waals surface area contributed by atoms with Crippen LogP contribution in [0, 0.1) is 0 Å². The van der Waals surface area contributed by atoms with E-state index in [1.807, 2.05) is 29.6 Å². The van der Waals surface area contributed by atoms with Crippen LogP contribution < -0.4 is 14.8 Å². The van der Waals surface area contributed by atoms with Gasteiger partial charge in [0, 0.05) is 22.8 Å². The smallest absolute Gasteiger partial charge is 0.225 e. The van der Waals surface area contributed by atoms with E-state index in [0.717, 1.165) is 27.6 Å². The number of rotatable bonds is 3. The predicted octanol–water partition coefficient (Wildman–Crippen LogP) is 3.24. The number of benzene rings is 1. The molecule has 1 atom stereocenters.